The quantitative estimate of drug-likeness (QED) is 0.910. The van der Waals surface area contributed by atoms with Gasteiger partial charge in [-0.3, -0.25) is 0 Å². The fraction of sp³-hybridized carbons (Fsp3) is 0.438. The molecule has 4 heteroatoms. The van der Waals surface area contributed by atoms with Crippen molar-refractivity contribution in [1.82, 2.24) is 9.55 Å². The van der Waals surface area contributed by atoms with Gasteiger partial charge in [0.25, 0.3) is 0 Å². The van der Waals surface area contributed by atoms with Crippen LogP contribution >= 0.6 is 0 Å². The minimum atomic E-state index is -0.000924. The predicted octanol–water partition coefficient (Wildman–Crippen LogP) is 3.24. The number of hydrogen-bond acceptors (Lipinski definition) is 3. The Morgan fingerprint density at radius 3 is 2.70 bits per heavy atom. The topological polar surface area (TPSA) is 53.1 Å². The summed E-state index contributed by atoms with van der Waals surface area (Å²) >= 11 is 0. The molecule has 20 heavy (non-hydrogen) atoms. The maximum atomic E-state index is 6.30. The lowest BCUT2D eigenvalue weighted by Gasteiger charge is -2.18. The number of ether oxygens (including phenoxy) is 1. The van der Waals surface area contributed by atoms with Crippen LogP contribution in [0.3, 0.4) is 0 Å². The predicted molar refractivity (Wildman–Crippen MR) is 81.2 cm³/mol. The molecule has 0 aliphatic heterocycles. The van der Waals surface area contributed by atoms with Gasteiger partial charge in [-0.25, -0.2) is 4.98 Å². The molecule has 0 saturated heterocycles. The monoisotopic (exact) mass is 273 g/mol. The van der Waals surface area contributed by atoms with E-state index in [9.17, 15) is 0 Å². The normalized spacial score (nSPS) is 12.7. The van der Waals surface area contributed by atoms with E-state index in [1.807, 2.05) is 30.7 Å². The van der Waals surface area contributed by atoms with Gasteiger partial charge in [0, 0.05) is 6.04 Å². The number of aryl methyl sites for hydroxylation is 1. The highest BCUT2D eigenvalue weighted by Crippen LogP contribution is 2.25. The summed E-state index contributed by atoms with van der Waals surface area (Å²) in [7, 11) is 1.68. The molecule has 0 aliphatic rings. The standard InChI is InChI=1S/C16H23N3O/c1-11(2)7-14(17)16-9-18-10-19(16)15-6-5-13(20-4)8-12(15)3/h5-6,8-11,14H,7,17H2,1-4H3. The second-order valence-corrected chi connectivity index (χ2v) is 5.58. The number of nitrogens with two attached hydrogens (primary N) is 1. The molecule has 4 nitrogen and oxygen atoms in total. The van der Waals surface area contributed by atoms with Crippen LogP contribution < -0.4 is 10.5 Å². The minimum Gasteiger partial charge on any atom is -0.497 e. The van der Waals surface area contributed by atoms with Crippen molar-refractivity contribution in [2.45, 2.75) is 33.2 Å². The smallest absolute Gasteiger partial charge is 0.119 e. The van der Waals surface area contributed by atoms with Crippen molar-refractivity contribution in [1.29, 1.82) is 0 Å². The first-order valence-electron chi connectivity index (χ1n) is 6.95. The summed E-state index contributed by atoms with van der Waals surface area (Å²) in [6, 6.07) is 6.02. The Labute approximate surface area is 120 Å². The average molecular weight is 273 g/mol. The van der Waals surface area contributed by atoms with Crippen LogP contribution in [0.25, 0.3) is 5.69 Å². The van der Waals surface area contributed by atoms with Gasteiger partial charge < -0.3 is 15.0 Å². The van der Waals surface area contributed by atoms with Gasteiger partial charge in [0.1, 0.15) is 5.75 Å². The number of nitrogens with zero attached hydrogens (tertiary/aromatic N) is 2. The first-order valence-corrected chi connectivity index (χ1v) is 6.95. The number of hydrogen-bond donors (Lipinski definition) is 1. The molecule has 2 aromatic rings. The van der Waals surface area contributed by atoms with Gasteiger partial charge in [-0.2, -0.15) is 0 Å². The zero-order chi connectivity index (χ0) is 14.7. The molecule has 0 spiro atoms. The molecule has 2 N–H and O–H groups in total. The van der Waals surface area contributed by atoms with E-state index >= 15 is 0 Å². The summed E-state index contributed by atoms with van der Waals surface area (Å²) in [4.78, 5) is 4.26. The third-order valence-corrected chi connectivity index (χ3v) is 3.44. The maximum Gasteiger partial charge on any atom is 0.119 e. The Hall–Kier alpha value is -1.81. The lowest BCUT2D eigenvalue weighted by molar-refractivity contribution is 0.414. The lowest BCUT2D eigenvalue weighted by atomic mass is 10.0. The van der Waals surface area contributed by atoms with Crippen molar-refractivity contribution in [3.8, 4) is 11.4 Å². The van der Waals surface area contributed by atoms with Crippen molar-refractivity contribution < 1.29 is 4.74 Å². The van der Waals surface area contributed by atoms with E-state index in [-0.39, 0.29) is 6.04 Å². The summed E-state index contributed by atoms with van der Waals surface area (Å²) in [5.41, 5.74) is 9.58. The second kappa shape index (κ2) is 6.09. The average Bonchev–Trinajstić information content (AvgIpc) is 2.86. The third-order valence-electron chi connectivity index (χ3n) is 3.44. The Morgan fingerprint density at radius 2 is 2.10 bits per heavy atom. The molecule has 108 valence electrons. The van der Waals surface area contributed by atoms with Gasteiger partial charge in [-0.05, 0) is 43.0 Å². The van der Waals surface area contributed by atoms with Crippen molar-refractivity contribution in [2.75, 3.05) is 7.11 Å². The van der Waals surface area contributed by atoms with E-state index in [2.05, 4.69) is 30.3 Å². The minimum absolute atomic E-state index is 0.000924. The van der Waals surface area contributed by atoms with E-state index in [4.69, 9.17) is 10.5 Å². The first-order chi connectivity index (χ1) is 9.52. The van der Waals surface area contributed by atoms with Crippen LogP contribution in [0, 0.1) is 12.8 Å². The summed E-state index contributed by atoms with van der Waals surface area (Å²) in [6.45, 7) is 6.42. The van der Waals surface area contributed by atoms with E-state index in [1.165, 1.54) is 0 Å². The van der Waals surface area contributed by atoms with Crippen LogP contribution in [0.5, 0.6) is 5.75 Å². The zero-order valence-corrected chi connectivity index (χ0v) is 12.6. The van der Waals surface area contributed by atoms with Crippen LogP contribution in [-0.4, -0.2) is 16.7 Å². The van der Waals surface area contributed by atoms with Crippen molar-refractivity contribution in [2.24, 2.45) is 11.7 Å². The Morgan fingerprint density at radius 1 is 1.35 bits per heavy atom. The molecular formula is C16H23N3O. The van der Waals surface area contributed by atoms with Gasteiger partial charge in [-0.1, -0.05) is 13.8 Å². The van der Waals surface area contributed by atoms with E-state index < -0.39 is 0 Å². The molecule has 0 bridgehead atoms. The van der Waals surface area contributed by atoms with Gasteiger partial charge in [0.05, 0.1) is 31.0 Å². The molecule has 1 unspecified atom stereocenters. The largest absolute Gasteiger partial charge is 0.497 e. The number of rotatable bonds is 5. The van der Waals surface area contributed by atoms with Crippen molar-refractivity contribution in [3.05, 3.63) is 42.0 Å². The van der Waals surface area contributed by atoms with Crippen molar-refractivity contribution >= 4 is 0 Å². The summed E-state index contributed by atoms with van der Waals surface area (Å²) in [5, 5.41) is 0. The summed E-state index contributed by atoms with van der Waals surface area (Å²) < 4.78 is 7.32. The Balaban J connectivity index is 2.37. The highest BCUT2D eigenvalue weighted by Gasteiger charge is 2.15. The molecule has 1 aromatic carbocycles. The first kappa shape index (κ1) is 14.6. The molecule has 0 saturated carbocycles. The fourth-order valence-corrected chi connectivity index (χ4v) is 2.43. The zero-order valence-electron chi connectivity index (χ0n) is 12.6. The second-order valence-electron chi connectivity index (χ2n) is 5.58. The van der Waals surface area contributed by atoms with Crippen LogP contribution in [0.2, 0.25) is 0 Å². The SMILES string of the molecule is COc1ccc(-n2cncc2C(N)CC(C)C)c(C)c1. The van der Waals surface area contributed by atoms with E-state index in [0.29, 0.717) is 5.92 Å². The third kappa shape index (κ3) is 3.02. The number of imidazole rings is 1. The van der Waals surface area contributed by atoms with Gasteiger partial charge in [0.15, 0.2) is 0 Å². The number of aromatic nitrogens is 2. The van der Waals surface area contributed by atoms with Crippen LogP contribution in [0.4, 0.5) is 0 Å². The molecule has 0 amide bonds. The lowest BCUT2D eigenvalue weighted by Crippen LogP contribution is -2.17. The molecule has 0 aliphatic carbocycles. The highest BCUT2D eigenvalue weighted by molar-refractivity contribution is 5.46. The van der Waals surface area contributed by atoms with Crippen LogP contribution in [0.15, 0.2) is 30.7 Å². The van der Waals surface area contributed by atoms with Crippen LogP contribution in [-0.2, 0) is 0 Å². The van der Waals surface area contributed by atoms with Gasteiger partial charge in [-0.15, -0.1) is 0 Å². The van der Waals surface area contributed by atoms with E-state index in [1.54, 1.807) is 7.11 Å². The molecule has 1 heterocycles. The maximum absolute atomic E-state index is 6.30. The molecule has 1 atom stereocenters. The Bertz CT molecular complexity index is 575. The number of methoxy groups -OCH3 is 1. The fourth-order valence-electron chi connectivity index (χ4n) is 2.43. The summed E-state index contributed by atoms with van der Waals surface area (Å²) in [6.07, 6.45) is 4.63. The van der Waals surface area contributed by atoms with Gasteiger partial charge in [0.2, 0.25) is 0 Å². The molecule has 0 radical (unpaired) electrons. The van der Waals surface area contributed by atoms with Gasteiger partial charge >= 0.3 is 0 Å². The highest BCUT2D eigenvalue weighted by atomic mass is 16.5. The number of benzene rings is 1. The molecule has 1 aromatic heterocycles. The molecule has 0 fully saturated rings. The Kier molecular flexibility index (Phi) is 4.45. The molecular weight excluding hydrogens is 250 g/mol. The van der Waals surface area contributed by atoms with E-state index in [0.717, 1.165) is 29.1 Å². The molecule has 2 rings (SSSR count). The van der Waals surface area contributed by atoms with Crippen molar-refractivity contribution in [3.63, 3.8) is 0 Å². The van der Waals surface area contributed by atoms with Crippen LogP contribution in [0.1, 0.15) is 37.6 Å². The summed E-state index contributed by atoms with van der Waals surface area (Å²) in [5.74, 6) is 1.42.